The molecule has 1 aliphatic rings. The van der Waals surface area contributed by atoms with E-state index in [9.17, 15) is 22.8 Å². The molecule has 1 fully saturated rings. The van der Waals surface area contributed by atoms with Crippen molar-refractivity contribution >= 4 is 17.6 Å². The van der Waals surface area contributed by atoms with Crippen molar-refractivity contribution in [2.75, 3.05) is 31.1 Å². The van der Waals surface area contributed by atoms with Crippen molar-refractivity contribution in [3.05, 3.63) is 60.1 Å². The van der Waals surface area contributed by atoms with Gasteiger partial charge in [0.15, 0.2) is 5.76 Å². The zero-order valence-electron chi connectivity index (χ0n) is 17.5. The summed E-state index contributed by atoms with van der Waals surface area (Å²) in [7, 11) is 0. The van der Waals surface area contributed by atoms with Crippen molar-refractivity contribution in [1.29, 1.82) is 0 Å². The lowest BCUT2D eigenvalue weighted by Gasteiger charge is -2.36. The van der Waals surface area contributed by atoms with Crippen LogP contribution in [0, 0.1) is 6.92 Å². The number of rotatable bonds is 5. The number of amides is 1. The molecule has 3 rings (SSSR count). The van der Waals surface area contributed by atoms with Gasteiger partial charge in [0.05, 0.1) is 11.9 Å². The second-order valence-corrected chi connectivity index (χ2v) is 7.33. The van der Waals surface area contributed by atoms with E-state index in [-0.39, 0.29) is 13.1 Å². The first kappa shape index (κ1) is 23.3. The molecule has 2 heterocycles. The van der Waals surface area contributed by atoms with Crippen molar-refractivity contribution < 1.29 is 27.5 Å². The summed E-state index contributed by atoms with van der Waals surface area (Å²) in [6, 6.07) is 7.94. The number of nitrogens with zero attached hydrogens (tertiary/aromatic N) is 3. The quantitative estimate of drug-likeness (QED) is 0.430. The lowest BCUT2D eigenvalue weighted by molar-refractivity contribution is -0.196. The van der Waals surface area contributed by atoms with Crippen LogP contribution in [0.15, 0.2) is 49.0 Å². The molecule has 0 bridgehead atoms. The van der Waals surface area contributed by atoms with Gasteiger partial charge in [-0.05, 0) is 29.7 Å². The maximum absolute atomic E-state index is 12.3. The minimum atomic E-state index is -5.20. The average Bonchev–Trinajstić information content (AvgIpc) is 2.78. The molecular formula is C22H23F3N4O3. The predicted octanol–water partition coefficient (Wildman–Crippen LogP) is 2.78. The van der Waals surface area contributed by atoms with Gasteiger partial charge in [-0.3, -0.25) is 9.78 Å². The van der Waals surface area contributed by atoms with Crippen molar-refractivity contribution in [3.63, 3.8) is 0 Å². The van der Waals surface area contributed by atoms with Crippen molar-refractivity contribution in [2.45, 2.75) is 19.6 Å². The molecule has 170 valence electrons. The smallest absolute Gasteiger partial charge is 0.415 e. The summed E-state index contributed by atoms with van der Waals surface area (Å²) in [5.41, 5.74) is 10.7. The topological polar surface area (TPSA) is 88.8 Å². The van der Waals surface area contributed by atoms with Crippen molar-refractivity contribution in [1.82, 2.24) is 9.88 Å². The molecule has 0 spiro atoms. The minimum absolute atomic E-state index is 0.223. The Bertz CT molecular complexity index is 1030. The Labute approximate surface area is 183 Å². The first-order valence-electron chi connectivity index (χ1n) is 9.88. The molecule has 1 aromatic heterocycles. The average molecular weight is 448 g/mol. The van der Waals surface area contributed by atoms with Crippen LogP contribution in [0.1, 0.15) is 11.1 Å². The Morgan fingerprint density at radius 1 is 1.19 bits per heavy atom. The highest BCUT2D eigenvalue weighted by Crippen LogP contribution is 2.32. The number of hydrogen-bond acceptors (Lipinski definition) is 6. The van der Waals surface area contributed by atoms with Crippen LogP contribution in [0.5, 0.6) is 0 Å². The number of carbonyl (C=O) groups excluding carboxylic acids is 2. The van der Waals surface area contributed by atoms with Crippen LogP contribution >= 0.6 is 0 Å². The predicted molar refractivity (Wildman–Crippen MR) is 112 cm³/mol. The molecule has 1 aromatic carbocycles. The number of nitrogens with two attached hydrogens (primary N) is 1. The van der Waals surface area contributed by atoms with E-state index in [0.29, 0.717) is 19.6 Å². The molecular weight excluding hydrogens is 425 g/mol. The Morgan fingerprint density at radius 3 is 2.47 bits per heavy atom. The monoisotopic (exact) mass is 448 g/mol. The zero-order valence-corrected chi connectivity index (χ0v) is 17.5. The van der Waals surface area contributed by atoms with E-state index in [2.05, 4.69) is 22.4 Å². The summed E-state index contributed by atoms with van der Waals surface area (Å²) >= 11 is 0. The van der Waals surface area contributed by atoms with Gasteiger partial charge in [0.2, 0.25) is 0 Å². The Morgan fingerprint density at radius 2 is 1.88 bits per heavy atom. The van der Waals surface area contributed by atoms with Crippen LogP contribution < -0.4 is 10.6 Å². The Hall–Kier alpha value is -3.40. The van der Waals surface area contributed by atoms with Crippen LogP contribution in [0.4, 0.5) is 18.9 Å². The van der Waals surface area contributed by atoms with E-state index in [1.54, 1.807) is 12.4 Å². The van der Waals surface area contributed by atoms with Crippen molar-refractivity contribution in [2.24, 2.45) is 5.73 Å². The number of piperazine rings is 1. The Kier molecular flexibility index (Phi) is 6.83. The normalized spacial score (nSPS) is 14.3. The highest BCUT2D eigenvalue weighted by atomic mass is 19.4. The van der Waals surface area contributed by atoms with E-state index in [1.807, 2.05) is 30.0 Å². The number of ether oxygens (including phenoxy) is 1. The molecule has 1 saturated heterocycles. The molecule has 7 nitrogen and oxygen atoms in total. The number of aryl methyl sites for hydroxylation is 1. The summed E-state index contributed by atoms with van der Waals surface area (Å²) in [5.74, 6) is -4.16. The third-order valence-electron chi connectivity index (χ3n) is 5.27. The summed E-state index contributed by atoms with van der Waals surface area (Å²) in [5, 5.41) is 0. The van der Waals surface area contributed by atoms with E-state index < -0.39 is 23.8 Å². The van der Waals surface area contributed by atoms with Crippen LogP contribution in [-0.2, 0) is 20.9 Å². The fraction of sp³-hybridized carbons (Fsp3) is 0.318. The number of halogens is 3. The molecule has 0 atom stereocenters. The maximum atomic E-state index is 12.3. The fourth-order valence-electron chi connectivity index (χ4n) is 3.51. The number of hydrogen-bond donors (Lipinski definition) is 1. The molecule has 1 amide bonds. The molecule has 2 N–H and O–H groups in total. The zero-order chi connectivity index (χ0) is 23.5. The first-order chi connectivity index (χ1) is 15.1. The van der Waals surface area contributed by atoms with E-state index in [4.69, 9.17) is 5.73 Å². The number of aromatic nitrogens is 1. The number of carbonyl (C=O) groups is 2. The largest absolute Gasteiger partial charge is 0.491 e. The second kappa shape index (κ2) is 9.39. The van der Waals surface area contributed by atoms with Gasteiger partial charge in [0.25, 0.3) is 5.91 Å². The van der Waals surface area contributed by atoms with Gasteiger partial charge in [-0.15, -0.1) is 0 Å². The molecule has 1 aliphatic heterocycles. The van der Waals surface area contributed by atoms with E-state index in [1.165, 1.54) is 4.90 Å². The van der Waals surface area contributed by atoms with Gasteiger partial charge >= 0.3 is 12.1 Å². The van der Waals surface area contributed by atoms with Gasteiger partial charge in [0, 0.05) is 44.5 Å². The summed E-state index contributed by atoms with van der Waals surface area (Å²) in [4.78, 5) is 30.8. The molecule has 0 radical (unpaired) electrons. The summed E-state index contributed by atoms with van der Waals surface area (Å²) in [6.07, 6.45) is -1.76. The molecule has 2 aromatic rings. The van der Waals surface area contributed by atoms with E-state index in [0.717, 1.165) is 27.9 Å². The molecule has 32 heavy (non-hydrogen) atoms. The van der Waals surface area contributed by atoms with Gasteiger partial charge in [0.1, 0.15) is 0 Å². The fourth-order valence-corrected chi connectivity index (χ4v) is 3.51. The highest BCUT2D eigenvalue weighted by molar-refractivity contribution is 5.94. The SMILES string of the molecule is C=C(OC(=O)C(F)(F)F)C(=O)N1CCN(c2cnccc2-c2ccc(CN)c(C)c2)CC1. The molecule has 0 saturated carbocycles. The maximum Gasteiger partial charge on any atom is 0.491 e. The van der Waals surface area contributed by atoms with Crippen LogP contribution in [0.3, 0.4) is 0 Å². The van der Waals surface area contributed by atoms with Gasteiger partial charge < -0.3 is 20.3 Å². The lowest BCUT2D eigenvalue weighted by atomic mass is 9.99. The molecule has 0 aliphatic carbocycles. The highest BCUT2D eigenvalue weighted by Gasteiger charge is 2.42. The lowest BCUT2D eigenvalue weighted by Crippen LogP contribution is -2.49. The number of anilines is 1. The van der Waals surface area contributed by atoms with E-state index >= 15 is 0 Å². The summed E-state index contributed by atoms with van der Waals surface area (Å²) < 4.78 is 41.1. The first-order valence-corrected chi connectivity index (χ1v) is 9.88. The van der Waals surface area contributed by atoms with Crippen LogP contribution in [0.25, 0.3) is 11.1 Å². The third kappa shape index (κ3) is 5.08. The second-order valence-electron chi connectivity index (χ2n) is 7.33. The molecule has 10 heteroatoms. The van der Waals surface area contributed by atoms with Gasteiger partial charge in [-0.1, -0.05) is 24.8 Å². The standard InChI is InChI=1S/C22H23F3N4O3/c1-14-11-16(3-4-17(14)12-26)18-5-6-27-13-19(18)28-7-9-29(10-8-28)20(30)15(2)32-21(31)22(23,24)25/h3-6,11,13H,2,7-10,12,26H2,1H3. The van der Waals surface area contributed by atoms with Crippen LogP contribution in [0.2, 0.25) is 0 Å². The van der Waals surface area contributed by atoms with Crippen LogP contribution in [-0.4, -0.2) is 54.1 Å². The van der Waals surface area contributed by atoms with Gasteiger partial charge in [-0.25, -0.2) is 4.79 Å². The number of benzene rings is 1. The van der Waals surface area contributed by atoms with Gasteiger partial charge in [-0.2, -0.15) is 13.2 Å². The number of pyridine rings is 1. The third-order valence-corrected chi connectivity index (χ3v) is 5.27. The summed E-state index contributed by atoms with van der Waals surface area (Å²) in [6.45, 7) is 6.91. The molecule has 0 unspecified atom stereocenters. The minimum Gasteiger partial charge on any atom is -0.415 e. The Balaban J connectivity index is 1.70. The number of alkyl halides is 3. The number of esters is 1. The van der Waals surface area contributed by atoms with Crippen molar-refractivity contribution in [3.8, 4) is 11.1 Å².